The summed E-state index contributed by atoms with van der Waals surface area (Å²) in [6.07, 6.45) is 5.99. The van der Waals surface area contributed by atoms with Crippen molar-refractivity contribution in [3.8, 4) is 30.0 Å². The molecule has 382 valence electrons. The van der Waals surface area contributed by atoms with Crippen molar-refractivity contribution in [3.05, 3.63) is 138 Å². The van der Waals surface area contributed by atoms with Crippen LogP contribution in [0.5, 0.6) is 0 Å². The Kier molecular flexibility index (Phi) is 20.6. The van der Waals surface area contributed by atoms with Crippen molar-refractivity contribution in [2.24, 2.45) is 5.73 Å². The van der Waals surface area contributed by atoms with Gasteiger partial charge in [-0.3, -0.25) is 4.79 Å². The topological polar surface area (TPSA) is 184 Å². The van der Waals surface area contributed by atoms with Crippen LogP contribution in [0.3, 0.4) is 0 Å². The Morgan fingerprint density at radius 3 is 1.28 bits per heavy atom. The highest BCUT2D eigenvalue weighted by molar-refractivity contribution is 7.22. The summed E-state index contributed by atoms with van der Waals surface area (Å²) < 4.78 is 71.5. The van der Waals surface area contributed by atoms with Crippen LogP contribution >= 0.6 is 68.0 Å². The molecule has 72 heavy (non-hydrogen) atoms. The highest BCUT2D eigenvalue weighted by atomic mass is 32.1. The Labute approximate surface area is 437 Å². The average Bonchev–Trinajstić information content (AvgIpc) is 4.17. The third-order valence-electron chi connectivity index (χ3n) is 9.23. The summed E-state index contributed by atoms with van der Waals surface area (Å²) >= 11 is 8.03. The second-order valence-corrected chi connectivity index (χ2v) is 23.2. The quantitative estimate of drug-likeness (QED) is 0.0531. The van der Waals surface area contributed by atoms with E-state index in [1.165, 1.54) is 141 Å². The summed E-state index contributed by atoms with van der Waals surface area (Å²) in [6, 6.07) is 12.2. The molecule has 2 aromatic carbocycles. The molecule has 0 saturated heterocycles. The fourth-order valence-corrected chi connectivity index (χ4v) is 12.0. The zero-order valence-corrected chi connectivity index (χ0v) is 44.9. The van der Waals surface area contributed by atoms with Gasteiger partial charge < -0.3 is 15.6 Å². The van der Waals surface area contributed by atoms with Crippen LogP contribution in [0.2, 0.25) is 0 Å². The molecule has 0 aliphatic rings. The Morgan fingerprint density at radius 2 is 0.931 bits per heavy atom. The molecule has 0 fully saturated rings. The number of esters is 1. The molecule has 8 rings (SSSR count). The number of benzene rings is 2. The van der Waals surface area contributed by atoms with E-state index in [0.29, 0.717) is 53.3 Å². The predicted molar refractivity (Wildman–Crippen MR) is 278 cm³/mol. The zero-order chi connectivity index (χ0) is 52.8. The van der Waals surface area contributed by atoms with Crippen LogP contribution in [0.1, 0.15) is 105 Å². The Morgan fingerprint density at radius 1 is 0.569 bits per heavy atom. The largest absolute Gasteiger partial charge is 0.476 e. The van der Waals surface area contributed by atoms with Crippen molar-refractivity contribution in [3.63, 3.8) is 0 Å². The number of rotatable bonds is 16. The Bertz CT molecular complexity index is 2960. The summed E-state index contributed by atoms with van der Waals surface area (Å²) in [4.78, 5) is 62.3. The molecule has 12 nitrogen and oxygen atoms in total. The van der Waals surface area contributed by atoms with E-state index in [1.807, 2.05) is 10.8 Å². The van der Waals surface area contributed by atoms with Gasteiger partial charge in [-0.15, -0.1) is 68.0 Å². The van der Waals surface area contributed by atoms with E-state index in [-0.39, 0.29) is 54.5 Å². The van der Waals surface area contributed by atoms with Gasteiger partial charge in [0.05, 0.1) is 7.11 Å². The van der Waals surface area contributed by atoms with E-state index in [1.54, 1.807) is 48.2 Å². The molecule has 0 radical (unpaired) electrons. The summed E-state index contributed by atoms with van der Waals surface area (Å²) in [5, 5.41) is 18.4. The fraction of sp³-hybridized carbons (Fsp3) is 0.327. The number of alkyl halides is 3. The average molecular weight is 1100 g/mol. The molecule has 0 saturated carbocycles. The number of carboxylic acid groups (broad SMARTS) is 1. The maximum atomic E-state index is 14.2. The summed E-state index contributed by atoms with van der Waals surface area (Å²) in [5.74, 6) is -2.33. The van der Waals surface area contributed by atoms with E-state index in [0.717, 1.165) is 21.1 Å². The number of thiazole rings is 6. The molecule has 0 spiro atoms. The van der Waals surface area contributed by atoms with Crippen LogP contribution in [-0.4, -0.2) is 76.8 Å². The van der Waals surface area contributed by atoms with Crippen molar-refractivity contribution in [2.75, 3.05) is 7.11 Å². The first-order valence-electron chi connectivity index (χ1n) is 21.7. The third kappa shape index (κ3) is 18.2. The standard InChI is InChI=1S/C19H18F2N2OS2.C12H13FN2O2S2.C11H11FN2O2S2.C7H8FN/c1-19(2,21)11-15-16(23-18(26-15)17-22-9-10-25-17)14(24)8-5-12-3-6-13(20)7-4-12;1-12(2,13)6-7-8(11(16)17-3)15-10(19-7)9-14-4-5-18-9;1-11(2,12)5-6-7(10(15)16)14-9(18-6)8-13-3-4-17-8;8-7-3-1-6(5-9)2-4-7/h3-4,6-7,9-10H,5,8,11H2,1-2H3;4-5H,6H2,1-3H3;3-4H,5H2,1-2H3,(H,15,16);1-4H,5,9H2. The maximum Gasteiger partial charge on any atom is 0.357 e. The lowest BCUT2D eigenvalue weighted by atomic mass is 10.0. The number of aryl methyl sites for hydroxylation is 1. The molecule has 0 bridgehead atoms. The van der Waals surface area contributed by atoms with Gasteiger partial charge in [-0.05, 0) is 83.4 Å². The highest BCUT2D eigenvalue weighted by Gasteiger charge is 2.29. The number of carbonyl (C=O) groups excluding carboxylic acids is 2. The van der Waals surface area contributed by atoms with Crippen LogP contribution in [-0.2, 0) is 37.0 Å². The number of aromatic nitrogens is 6. The van der Waals surface area contributed by atoms with Crippen LogP contribution in [0.4, 0.5) is 22.0 Å². The van der Waals surface area contributed by atoms with Crippen molar-refractivity contribution in [1.29, 1.82) is 0 Å². The molecule has 0 atom stereocenters. The lowest BCUT2D eigenvalue weighted by Gasteiger charge is -2.12. The van der Waals surface area contributed by atoms with Gasteiger partial charge in [0, 0.05) is 81.6 Å². The zero-order valence-electron chi connectivity index (χ0n) is 40.0. The predicted octanol–water partition coefficient (Wildman–Crippen LogP) is 13.4. The van der Waals surface area contributed by atoms with Crippen molar-refractivity contribution >= 4 is 85.7 Å². The van der Waals surface area contributed by atoms with Gasteiger partial charge in [0.2, 0.25) is 0 Å². The van der Waals surface area contributed by atoms with Crippen molar-refractivity contribution in [2.45, 2.75) is 97.2 Å². The number of carbonyl (C=O) groups is 3. The third-order valence-corrected chi connectivity index (χ3v) is 15.1. The molecular formula is C49H50F5N7O5S6. The SMILES string of the molecule is CC(C)(F)Cc1sc(-c2nccs2)nc1C(=O)CCc1ccc(F)cc1.CC(C)(F)Cc1sc(-c2nccs2)nc1C(=O)O.COC(=O)c1nc(-c2nccs2)sc1CC(C)(C)F.NCc1ccc(F)cc1. The molecule has 8 aromatic rings. The number of aromatic carboxylic acids is 1. The second-order valence-electron chi connectivity index (χ2n) is 17.2. The van der Waals surface area contributed by atoms with Gasteiger partial charge >= 0.3 is 11.9 Å². The van der Waals surface area contributed by atoms with E-state index < -0.39 is 28.9 Å². The number of nitrogens with zero attached hydrogens (tertiary/aromatic N) is 6. The van der Waals surface area contributed by atoms with Crippen molar-refractivity contribution in [1.82, 2.24) is 29.9 Å². The molecule has 23 heteroatoms. The van der Waals surface area contributed by atoms with Crippen LogP contribution in [0, 0.1) is 11.6 Å². The molecule has 0 aliphatic carbocycles. The fourth-order valence-electron chi connectivity index (χ4n) is 6.11. The number of carboxylic acids is 1. The second kappa shape index (κ2) is 25.9. The lowest BCUT2D eigenvalue weighted by Crippen LogP contribution is -2.17. The molecule has 0 unspecified atom stereocenters. The van der Waals surface area contributed by atoms with E-state index in [4.69, 9.17) is 10.8 Å². The van der Waals surface area contributed by atoms with Gasteiger partial charge in [0.1, 0.15) is 34.3 Å². The number of halogens is 5. The van der Waals surface area contributed by atoms with Crippen LogP contribution < -0.4 is 5.73 Å². The molecule has 6 heterocycles. The minimum Gasteiger partial charge on any atom is -0.476 e. The van der Waals surface area contributed by atoms with Gasteiger partial charge in [0.25, 0.3) is 0 Å². The van der Waals surface area contributed by atoms with Crippen LogP contribution in [0.25, 0.3) is 30.0 Å². The minimum atomic E-state index is -1.46. The number of methoxy groups -OCH3 is 1. The number of ketones is 1. The van der Waals surface area contributed by atoms with E-state index >= 15 is 0 Å². The lowest BCUT2D eigenvalue weighted by molar-refractivity contribution is 0.0592. The van der Waals surface area contributed by atoms with Gasteiger partial charge in [-0.1, -0.05) is 24.3 Å². The molecule has 3 N–H and O–H groups in total. The number of ether oxygens (including phenoxy) is 1. The number of hydrogen-bond donors (Lipinski definition) is 2. The number of Topliss-reactive ketones (excluding diaryl/α,β-unsaturated/α-hetero) is 1. The monoisotopic (exact) mass is 1100 g/mol. The van der Waals surface area contributed by atoms with Gasteiger partial charge in [0.15, 0.2) is 47.2 Å². The van der Waals surface area contributed by atoms with E-state index in [9.17, 15) is 36.3 Å². The summed E-state index contributed by atoms with van der Waals surface area (Å²) in [5.41, 5.74) is 3.25. The molecular weight excluding hydrogens is 1050 g/mol. The van der Waals surface area contributed by atoms with Crippen molar-refractivity contribution < 1.29 is 46.2 Å². The van der Waals surface area contributed by atoms with Gasteiger partial charge in [-0.25, -0.2) is 61.4 Å². The first-order chi connectivity index (χ1) is 33.9. The first-order valence-corrected chi connectivity index (χ1v) is 26.8. The molecule has 6 aromatic heterocycles. The number of nitrogens with two attached hydrogens (primary N) is 1. The maximum absolute atomic E-state index is 14.2. The molecule has 0 aliphatic heterocycles. The molecule has 0 amide bonds. The Hall–Kier alpha value is -5.56. The highest BCUT2D eigenvalue weighted by Crippen LogP contribution is 2.36. The van der Waals surface area contributed by atoms with Gasteiger partial charge in [-0.2, -0.15) is 0 Å². The van der Waals surface area contributed by atoms with E-state index in [2.05, 4.69) is 34.6 Å². The summed E-state index contributed by atoms with van der Waals surface area (Å²) in [7, 11) is 1.29. The minimum absolute atomic E-state index is 0.0394. The normalized spacial score (nSPS) is 11.4. The first kappa shape index (κ1) is 57.3. The summed E-state index contributed by atoms with van der Waals surface area (Å²) in [6.45, 7) is 9.22. The smallest absolute Gasteiger partial charge is 0.357 e. The van der Waals surface area contributed by atoms with Crippen LogP contribution in [0.15, 0.2) is 83.3 Å². The number of hydrogen-bond acceptors (Lipinski definition) is 17. The Balaban J connectivity index is 0.000000188.